The van der Waals surface area contributed by atoms with E-state index in [9.17, 15) is 4.79 Å². The lowest BCUT2D eigenvalue weighted by Gasteiger charge is -2.06. The summed E-state index contributed by atoms with van der Waals surface area (Å²) in [6.07, 6.45) is 3.22. The van der Waals surface area contributed by atoms with E-state index in [0.29, 0.717) is 17.1 Å². The maximum Gasteiger partial charge on any atom is 0.161 e. The molecule has 2 heterocycles. The first-order chi connectivity index (χ1) is 11.8. The number of hydrogen-bond donors (Lipinski definition) is 1. The van der Waals surface area contributed by atoms with Gasteiger partial charge >= 0.3 is 0 Å². The maximum absolute atomic E-state index is 11.4. The third-order valence-electron chi connectivity index (χ3n) is 2.62. The van der Waals surface area contributed by atoms with Gasteiger partial charge in [0, 0.05) is 29.1 Å². The van der Waals surface area contributed by atoms with E-state index >= 15 is 0 Å². The summed E-state index contributed by atoms with van der Waals surface area (Å²) in [4.78, 5) is 19.7. The molecule has 0 aliphatic rings. The molecule has 0 atom stereocenters. The van der Waals surface area contributed by atoms with E-state index < -0.39 is 0 Å². The molecule has 4 heteroatoms. The number of carbonyl (C=O) groups is 1. The molecule has 0 aliphatic heterocycles. The van der Waals surface area contributed by atoms with Gasteiger partial charge in [0.05, 0.1) is 0 Å². The number of nitrogen functional groups attached to an aromatic ring is 1. The highest BCUT2D eigenvalue weighted by Crippen LogP contribution is 2.23. The number of carbonyl (C=O) groups excluding carboxylic acids is 1. The number of Topliss-reactive ketones (excluding diaryl/α,β-unsaturated/α-hetero) is 1. The molecule has 134 valence electrons. The van der Waals surface area contributed by atoms with Gasteiger partial charge < -0.3 is 5.73 Å². The number of hydrogen-bond acceptors (Lipinski definition) is 4. The molecule has 0 amide bonds. The molecule has 0 saturated heterocycles. The largest absolute Gasteiger partial charge is 0.384 e. The van der Waals surface area contributed by atoms with Crippen molar-refractivity contribution in [3.63, 3.8) is 0 Å². The smallest absolute Gasteiger partial charge is 0.161 e. The zero-order chi connectivity index (χ0) is 19.4. The minimum absolute atomic E-state index is 0.0270. The Balaban J connectivity index is 0.000000845. The zero-order valence-electron chi connectivity index (χ0n) is 16.3. The van der Waals surface area contributed by atoms with Crippen LogP contribution in [0.1, 0.15) is 64.5 Å². The topological polar surface area (TPSA) is 68.9 Å². The summed E-state index contributed by atoms with van der Waals surface area (Å²) in [5, 5.41) is 0. The van der Waals surface area contributed by atoms with E-state index in [1.165, 1.54) is 6.92 Å². The van der Waals surface area contributed by atoms with Crippen LogP contribution in [0.2, 0.25) is 0 Å². The number of anilines is 1. The fourth-order valence-corrected chi connectivity index (χ4v) is 1.70. The molecule has 4 nitrogen and oxygen atoms in total. The van der Waals surface area contributed by atoms with Crippen LogP contribution in [0.5, 0.6) is 0 Å². The lowest BCUT2D eigenvalue weighted by atomic mass is 10.0. The number of aromatic nitrogens is 2. The van der Waals surface area contributed by atoms with Crippen molar-refractivity contribution in [2.45, 2.75) is 48.5 Å². The fraction of sp³-hybridized carbons (Fsp3) is 0.381. The molecule has 2 rings (SSSR count). The van der Waals surface area contributed by atoms with Crippen LogP contribution in [0.15, 0.2) is 30.6 Å². The van der Waals surface area contributed by atoms with Crippen LogP contribution < -0.4 is 5.73 Å². The zero-order valence-corrected chi connectivity index (χ0v) is 16.3. The normalized spacial score (nSPS) is 8.96. The lowest BCUT2D eigenvalue weighted by molar-refractivity contribution is 0.101. The second-order valence-electron chi connectivity index (χ2n) is 5.76. The van der Waals surface area contributed by atoms with Crippen molar-refractivity contribution in [3.8, 4) is 23.0 Å². The SMILES string of the molecule is CC.CC#Cc1nc(N)ccc1-c1cncc(C(C)=O)c1.CC(C)C. The molecule has 2 aromatic rings. The van der Waals surface area contributed by atoms with Crippen molar-refractivity contribution in [3.05, 3.63) is 41.9 Å². The summed E-state index contributed by atoms with van der Waals surface area (Å²) in [6, 6.07) is 5.32. The third-order valence-corrected chi connectivity index (χ3v) is 2.62. The first kappa shape index (κ1) is 22.3. The first-order valence-corrected chi connectivity index (χ1v) is 8.50. The Kier molecular flexibility index (Phi) is 10.5. The number of nitrogens with two attached hydrogens (primary N) is 1. The second-order valence-corrected chi connectivity index (χ2v) is 5.76. The molecular formula is C21H29N3O. The summed E-state index contributed by atoms with van der Waals surface area (Å²) in [5.74, 6) is 6.93. The van der Waals surface area contributed by atoms with Crippen molar-refractivity contribution in [2.24, 2.45) is 5.92 Å². The highest BCUT2D eigenvalue weighted by atomic mass is 16.1. The molecular weight excluding hydrogens is 310 g/mol. The summed E-state index contributed by atoms with van der Waals surface area (Å²) in [6.45, 7) is 13.7. The van der Waals surface area contributed by atoms with Gasteiger partial charge in [0.15, 0.2) is 5.78 Å². The number of pyridine rings is 2. The molecule has 0 bridgehead atoms. The van der Waals surface area contributed by atoms with Crippen molar-refractivity contribution >= 4 is 11.6 Å². The Bertz CT molecular complexity index is 738. The quantitative estimate of drug-likeness (QED) is 0.618. The van der Waals surface area contributed by atoms with Crippen molar-refractivity contribution in [2.75, 3.05) is 5.73 Å². The van der Waals surface area contributed by atoms with Crippen LogP contribution in [0, 0.1) is 17.8 Å². The molecule has 25 heavy (non-hydrogen) atoms. The van der Waals surface area contributed by atoms with Gasteiger partial charge in [0.1, 0.15) is 11.5 Å². The fourth-order valence-electron chi connectivity index (χ4n) is 1.70. The molecule has 0 aliphatic carbocycles. The summed E-state index contributed by atoms with van der Waals surface area (Å²) < 4.78 is 0. The standard InChI is InChI=1S/C15H13N3O.C4H10.C2H6/c1-3-4-14-13(5-6-15(16)18-14)12-7-11(10(2)19)8-17-9-12;1-4(2)3;1-2/h5-9H,1-2H3,(H2,16,18);4H,1-3H3;1-2H3. The van der Waals surface area contributed by atoms with Crippen molar-refractivity contribution in [1.82, 2.24) is 9.97 Å². The van der Waals surface area contributed by atoms with Crippen LogP contribution in [-0.4, -0.2) is 15.8 Å². The molecule has 0 unspecified atom stereocenters. The molecule has 0 spiro atoms. The molecule has 2 N–H and O–H groups in total. The van der Waals surface area contributed by atoms with Crippen LogP contribution in [0.3, 0.4) is 0 Å². The minimum Gasteiger partial charge on any atom is -0.384 e. The average molecular weight is 339 g/mol. The van der Waals surface area contributed by atoms with Crippen LogP contribution >= 0.6 is 0 Å². The maximum atomic E-state index is 11.4. The van der Waals surface area contributed by atoms with Gasteiger partial charge in [0.25, 0.3) is 0 Å². The third kappa shape index (κ3) is 8.12. The first-order valence-electron chi connectivity index (χ1n) is 8.50. The Morgan fingerprint density at radius 2 is 1.76 bits per heavy atom. The Morgan fingerprint density at radius 3 is 2.28 bits per heavy atom. The van der Waals surface area contributed by atoms with Gasteiger partial charge in [-0.25, -0.2) is 4.98 Å². The average Bonchev–Trinajstić information content (AvgIpc) is 2.57. The molecule has 0 aromatic carbocycles. The van der Waals surface area contributed by atoms with Crippen molar-refractivity contribution < 1.29 is 4.79 Å². The van der Waals surface area contributed by atoms with Crippen LogP contribution in [0.4, 0.5) is 5.82 Å². The van der Waals surface area contributed by atoms with Gasteiger partial charge in [-0.05, 0) is 43.9 Å². The van der Waals surface area contributed by atoms with Crippen LogP contribution in [0.25, 0.3) is 11.1 Å². The molecule has 0 radical (unpaired) electrons. The number of ketones is 1. The van der Waals surface area contributed by atoms with E-state index in [-0.39, 0.29) is 5.78 Å². The molecule has 0 fully saturated rings. The van der Waals surface area contributed by atoms with E-state index in [2.05, 4.69) is 42.6 Å². The van der Waals surface area contributed by atoms with Gasteiger partial charge in [-0.2, -0.15) is 0 Å². The summed E-state index contributed by atoms with van der Waals surface area (Å²) >= 11 is 0. The Labute approximate surface area is 151 Å². The highest BCUT2D eigenvalue weighted by Gasteiger charge is 2.08. The van der Waals surface area contributed by atoms with Gasteiger partial charge in [-0.3, -0.25) is 9.78 Å². The minimum atomic E-state index is -0.0270. The predicted molar refractivity (Wildman–Crippen MR) is 106 cm³/mol. The number of nitrogens with zero attached hydrogens (tertiary/aromatic N) is 2. The number of rotatable bonds is 2. The van der Waals surface area contributed by atoms with Gasteiger partial charge in [-0.15, -0.1) is 0 Å². The Hall–Kier alpha value is -2.67. The molecule has 0 saturated carbocycles. The predicted octanol–water partition coefficient (Wildman–Crippen LogP) is 4.99. The lowest BCUT2D eigenvalue weighted by Crippen LogP contribution is -1.98. The van der Waals surface area contributed by atoms with Crippen molar-refractivity contribution in [1.29, 1.82) is 0 Å². The van der Waals surface area contributed by atoms with E-state index in [4.69, 9.17) is 5.73 Å². The highest BCUT2D eigenvalue weighted by molar-refractivity contribution is 5.95. The van der Waals surface area contributed by atoms with E-state index in [1.54, 1.807) is 31.5 Å². The van der Waals surface area contributed by atoms with E-state index in [0.717, 1.165) is 17.0 Å². The second kappa shape index (κ2) is 11.8. The Morgan fingerprint density at radius 1 is 1.16 bits per heavy atom. The van der Waals surface area contributed by atoms with Gasteiger partial charge in [-0.1, -0.05) is 40.5 Å². The summed E-state index contributed by atoms with van der Waals surface area (Å²) in [7, 11) is 0. The monoisotopic (exact) mass is 339 g/mol. The van der Waals surface area contributed by atoms with Crippen LogP contribution in [-0.2, 0) is 0 Å². The van der Waals surface area contributed by atoms with Gasteiger partial charge in [0.2, 0.25) is 0 Å². The van der Waals surface area contributed by atoms with E-state index in [1.807, 2.05) is 19.9 Å². The summed E-state index contributed by atoms with van der Waals surface area (Å²) in [5.41, 5.74) is 8.44. The molecule has 2 aromatic heterocycles.